The van der Waals surface area contributed by atoms with Crippen molar-refractivity contribution in [2.24, 2.45) is 5.92 Å². The summed E-state index contributed by atoms with van der Waals surface area (Å²) in [4.78, 5) is 0. The quantitative estimate of drug-likeness (QED) is 0.776. The number of hydrogen-bond donors (Lipinski definition) is 1. The Morgan fingerprint density at radius 2 is 2.05 bits per heavy atom. The predicted octanol–water partition coefficient (Wildman–Crippen LogP) is 4.85. The number of rotatable bonds is 7. The van der Waals surface area contributed by atoms with Gasteiger partial charge in [0.1, 0.15) is 0 Å². The van der Waals surface area contributed by atoms with Gasteiger partial charge >= 0.3 is 0 Å². The van der Waals surface area contributed by atoms with E-state index in [4.69, 9.17) is 4.74 Å². The molecule has 0 saturated heterocycles. The van der Waals surface area contributed by atoms with E-state index >= 15 is 0 Å². The van der Waals surface area contributed by atoms with Gasteiger partial charge in [-0.15, -0.1) is 0 Å². The van der Waals surface area contributed by atoms with Gasteiger partial charge in [-0.1, -0.05) is 38.3 Å². The molecule has 0 aromatic heterocycles. The molecule has 0 radical (unpaired) electrons. The first-order chi connectivity index (χ1) is 10.2. The van der Waals surface area contributed by atoms with Crippen molar-refractivity contribution in [2.75, 3.05) is 13.2 Å². The lowest BCUT2D eigenvalue weighted by atomic mass is 9.90. The third kappa shape index (κ3) is 4.70. The Morgan fingerprint density at radius 1 is 1.29 bits per heavy atom. The summed E-state index contributed by atoms with van der Waals surface area (Å²) in [5.74, 6) is 0.790. The third-order valence-corrected chi connectivity index (χ3v) is 4.35. The van der Waals surface area contributed by atoms with E-state index in [1.165, 1.54) is 38.2 Å². The summed E-state index contributed by atoms with van der Waals surface area (Å²) in [5, 5.41) is 3.41. The molecule has 1 atom stereocenters. The van der Waals surface area contributed by atoms with Crippen LogP contribution in [0.3, 0.4) is 0 Å². The molecule has 118 valence electrons. The van der Waals surface area contributed by atoms with Gasteiger partial charge in [-0.2, -0.15) is 0 Å². The van der Waals surface area contributed by atoms with Crippen molar-refractivity contribution in [2.45, 2.75) is 58.4 Å². The number of para-hydroxylation sites is 1. The molecule has 0 heterocycles. The van der Waals surface area contributed by atoms with Crippen molar-refractivity contribution in [1.82, 2.24) is 5.32 Å². The van der Waals surface area contributed by atoms with Crippen LogP contribution in [-0.2, 0) is 0 Å². The molecule has 1 aliphatic rings. The monoisotopic (exact) mass is 293 g/mol. The van der Waals surface area contributed by atoms with Gasteiger partial charge in [0.15, 0.2) is 11.6 Å². The molecule has 2 rings (SSSR count). The third-order valence-electron chi connectivity index (χ3n) is 4.35. The minimum absolute atomic E-state index is 0.113. The summed E-state index contributed by atoms with van der Waals surface area (Å²) in [6, 6.07) is 5.34. The maximum absolute atomic E-state index is 14.1. The van der Waals surface area contributed by atoms with Crippen LogP contribution in [0.15, 0.2) is 18.2 Å². The molecule has 1 unspecified atom stereocenters. The fourth-order valence-corrected chi connectivity index (χ4v) is 3.04. The van der Waals surface area contributed by atoms with E-state index in [1.807, 2.05) is 6.07 Å². The molecule has 1 saturated carbocycles. The average Bonchev–Trinajstić information content (AvgIpc) is 2.52. The van der Waals surface area contributed by atoms with E-state index in [2.05, 4.69) is 19.2 Å². The van der Waals surface area contributed by atoms with Gasteiger partial charge in [-0.25, -0.2) is 4.39 Å². The molecule has 0 bridgehead atoms. The Kier molecular flexibility index (Phi) is 6.50. The normalized spacial score (nSPS) is 17.7. The lowest BCUT2D eigenvalue weighted by molar-refractivity contribution is 0.199. The molecule has 3 heteroatoms. The van der Waals surface area contributed by atoms with Crippen LogP contribution in [-0.4, -0.2) is 13.2 Å². The minimum Gasteiger partial charge on any atom is -0.490 e. The van der Waals surface area contributed by atoms with E-state index in [-0.39, 0.29) is 11.9 Å². The summed E-state index contributed by atoms with van der Waals surface area (Å²) in [6.07, 6.45) is 7.40. The van der Waals surface area contributed by atoms with Crippen molar-refractivity contribution in [3.63, 3.8) is 0 Å². The highest BCUT2D eigenvalue weighted by atomic mass is 19.1. The minimum atomic E-state index is -0.242. The van der Waals surface area contributed by atoms with Crippen molar-refractivity contribution >= 4 is 0 Å². The number of halogens is 1. The summed E-state index contributed by atoms with van der Waals surface area (Å²) in [7, 11) is 0. The molecular weight excluding hydrogens is 265 g/mol. The Hall–Kier alpha value is -1.09. The fourth-order valence-electron chi connectivity index (χ4n) is 3.04. The van der Waals surface area contributed by atoms with Gasteiger partial charge < -0.3 is 10.1 Å². The first kappa shape index (κ1) is 16.3. The van der Waals surface area contributed by atoms with E-state index in [0.717, 1.165) is 18.5 Å². The standard InChI is InChI=1S/C18H28FNO/c1-3-12-20-14(2)16-10-7-11-17(19)18(16)21-13-15-8-5-4-6-9-15/h7,10-11,14-15,20H,3-6,8-9,12-13H2,1-2H3. The number of benzene rings is 1. The molecule has 1 N–H and O–H groups in total. The van der Waals surface area contributed by atoms with Crippen LogP contribution in [0.4, 0.5) is 4.39 Å². The molecular formula is C18H28FNO. The van der Waals surface area contributed by atoms with E-state index in [0.29, 0.717) is 18.3 Å². The molecule has 1 aromatic carbocycles. The molecule has 0 amide bonds. The molecule has 0 aliphatic heterocycles. The van der Waals surface area contributed by atoms with Crippen LogP contribution in [0.1, 0.15) is 64.0 Å². The first-order valence-electron chi connectivity index (χ1n) is 8.37. The van der Waals surface area contributed by atoms with Crippen molar-refractivity contribution in [3.05, 3.63) is 29.6 Å². The lowest BCUT2D eigenvalue weighted by Gasteiger charge is -2.24. The number of hydrogen-bond acceptors (Lipinski definition) is 2. The first-order valence-corrected chi connectivity index (χ1v) is 8.37. The molecule has 21 heavy (non-hydrogen) atoms. The van der Waals surface area contributed by atoms with E-state index < -0.39 is 0 Å². The Morgan fingerprint density at radius 3 is 2.76 bits per heavy atom. The Labute approximate surface area is 128 Å². The predicted molar refractivity (Wildman–Crippen MR) is 85.2 cm³/mol. The van der Waals surface area contributed by atoms with Gasteiger partial charge in [0, 0.05) is 11.6 Å². The number of nitrogens with one attached hydrogen (secondary N) is 1. The average molecular weight is 293 g/mol. The van der Waals surface area contributed by atoms with Crippen molar-refractivity contribution in [1.29, 1.82) is 0 Å². The Bertz CT molecular complexity index is 429. The number of ether oxygens (including phenoxy) is 1. The van der Waals surface area contributed by atoms with Gasteiger partial charge in [0.05, 0.1) is 6.61 Å². The highest BCUT2D eigenvalue weighted by Gasteiger charge is 2.18. The summed E-state index contributed by atoms with van der Waals surface area (Å²) < 4.78 is 20.0. The summed E-state index contributed by atoms with van der Waals surface area (Å²) in [6.45, 7) is 5.78. The van der Waals surface area contributed by atoms with Crippen LogP contribution < -0.4 is 10.1 Å². The Balaban J connectivity index is 2.02. The molecule has 2 nitrogen and oxygen atoms in total. The zero-order valence-electron chi connectivity index (χ0n) is 13.3. The molecule has 0 spiro atoms. The van der Waals surface area contributed by atoms with Gasteiger partial charge in [0.25, 0.3) is 0 Å². The second kappa shape index (κ2) is 8.38. The van der Waals surface area contributed by atoms with Crippen LogP contribution >= 0.6 is 0 Å². The van der Waals surface area contributed by atoms with E-state index in [9.17, 15) is 4.39 Å². The van der Waals surface area contributed by atoms with Crippen LogP contribution in [0, 0.1) is 11.7 Å². The SMILES string of the molecule is CCCNC(C)c1cccc(F)c1OCC1CCCCC1. The highest BCUT2D eigenvalue weighted by Crippen LogP contribution is 2.30. The van der Waals surface area contributed by atoms with Gasteiger partial charge in [-0.3, -0.25) is 0 Å². The van der Waals surface area contributed by atoms with Crippen molar-refractivity contribution < 1.29 is 9.13 Å². The van der Waals surface area contributed by atoms with Gasteiger partial charge in [-0.05, 0) is 44.7 Å². The van der Waals surface area contributed by atoms with Crippen LogP contribution in [0.25, 0.3) is 0 Å². The smallest absolute Gasteiger partial charge is 0.165 e. The molecule has 1 fully saturated rings. The van der Waals surface area contributed by atoms with E-state index in [1.54, 1.807) is 6.07 Å². The van der Waals surface area contributed by atoms with Gasteiger partial charge in [0.2, 0.25) is 0 Å². The maximum atomic E-state index is 14.1. The largest absolute Gasteiger partial charge is 0.490 e. The molecule has 1 aliphatic carbocycles. The molecule has 1 aromatic rings. The zero-order chi connectivity index (χ0) is 15.1. The second-order valence-corrected chi connectivity index (χ2v) is 6.15. The lowest BCUT2D eigenvalue weighted by Crippen LogP contribution is -2.21. The fraction of sp³-hybridized carbons (Fsp3) is 0.667. The zero-order valence-corrected chi connectivity index (χ0v) is 13.3. The van der Waals surface area contributed by atoms with Crippen LogP contribution in [0.5, 0.6) is 5.75 Å². The topological polar surface area (TPSA) is 21.3 Å². The summed E-state index contributed by atoms with van der Waals surface area (Å²) in [5.41, 5.74) is 0.930. The van der Waals surface area contributed by atoms with Crippen molar-refractivity contribution in [3.8, 4) is 5.75 Å². The maximum Gasteiger partial charge on any atom is 0.165 e. The highest BCUT2D eigenvalue weighted by molar-refractivity contribution is 5.37. The van der Waals surface area contributed by atoms with Crippen LogP contribution in [0.2, 0.25) is 0 Å². The summed E-state index contributed by atoms with van der Waals surface area (Å²) >= 11 is 0. The second-order valence-electron chi connectivity index (χ2n) is 6.15.